The normalized spacial score (nSPS) is 14.2. The molecule has 118 valence electrons. The minimum absolute atomic E-state index is 0.0416. The fourth-order valence-corrected chi connectivity index (χ4v) is 2.13. The first-order valence-corrected chi connectivity index (χ1v) is 7.54. The summed E-state index contributed by atoms with van der Waals surface area (Å²) in [6.45, 7) is 7.75. The average molecular weight is 287 g/mol. The zero-order valence-corrected chi connectivity index (χ0v) is 13.0. The van der Waals surface area contributed by atoms with E-state index < -0.39 is 11.9 Å². The van der Waals surface area contributed by atoms with Crippen LogP contribution in [-0.2, 0) is 9.59 Å². The van der Waals surface area contributed by atoms with Crippen molar-refractivity contribution in [2.75, 3.05) is 19.6 Å². The molecule has 2 N–H and O–H groups in total. The second-order valence-electron chi connectivity index (χ2n) is 5.63. The van der Waals surface area contributed by atoms with Gasteiger partial charge in [0.05, 0.1) is 6.54 Å². The largest absolute Gasteiger partial charge is 0.481 e. The van der Waals surface area contributed by atoms with E-state index in [1.54, 1.807) is 0 Å². The van der Waals surface area contributed by atoms with Crippen LogP contribution in [0.15, 0.2) is 0 Å². The van der Waals surface area contributed by atoms with Gasteiger partial charge in [-0.2, -0.15) is 0 Å². The lowest BCUT2D eigenvalue weighted by Crippen LogP contribution is -2.33. The van der Waals surface area contributed by atoms with Gasteiger partial charge in [-0.25, -0.2) is 0 Å². The summed E-state index contributed by atoms with van der Waals surface area (Å²) < 4.78 is 0. The molecule has 2 atom stereocenters. The molecule has 0 bridgehead atoms. The average Bonchev–Trinajstić information content (AvgIpc) is 2.38. The second kappa shape index (κ2) is 10.7. The lowest BCUT2D eigenvalue weighted by molar-refractivity contribution is -0.140. The fourth-order valence-electron chi connectivity index (χ4n) is 2.13. The molecule has 20 heavy (non-hydrogen) atoms. The Morgan fingerprint density at radius 3 is 2.05 bits per heavy atom. The second-order valence-corrected chi connectivity index (χ2v) is 5.63. The van der Waals surface area contributed by atoms with Crippen molar-refractivity contribution in [3.8, 4) is 0 Å². The SMILES string of the molecule is CCC(C)CCN(CCC(CC)CC(=O)O)CC(=O)O. The molecule has 2 unspecified atom stereocenters. The molecule has 0 heterocycles. The van der Waals surface area contributed by atoms with Crippen molar-refractivity contribution in [1.29, 1.82) is 0 Å². The number of nitrogens with zero attached hydrogens (tertiary/aromatic N) is 1. The monoisotopic (exact) mass is 287 g/mol. The molecule has 0 saturated heterocycles. The van der Waals surface area contributed by atoms with Crippen molar-refractivity contribution in [1.82, 2.24) is 4.90 Å². The minimum Gasteiger partial charge on any atom is -0.481 e. The van der Waals surface area contributed by atoms with Crippen LogP contribution in [0.2, 0.25) is 0 Å². The zero-order chi connectivity index (χ0) is 15.5. The molecule has 0 fully saturated rings. The number of hydrogen-bond donors (Lipinski definition) is 2. The summed E-state index contributed by atoms with van der Waals surface area (Å²) in [5.41, 5.74) is 0. The topological polar surface area (TPSA) is 77.8 Å². The predicted molar refractivity (Wildman–Crippen MR) is 78.8 cm³/mol. The molecular weight excluding hydrogens is 258 g/mol. The first-order chi connectivity index (χ1) is 9.38. The minimum atomic E-state index is -0.819. The first-order valence-electron chi connectivity index (χ1n) is 7.54. The molecule has 0 spiro atoms. The summed E-state index contributed by atoms with van der Waals surface area (Å²) in [6, 6.07) is 0. The number of rotatable bonds is 12. The first kappa shape index (κ1) is 18.9. The molecule has 5 heteroatoms. The molecule has 0 aromatic heterocycles. The fraction of sp³-hybridized carbons (Fsp3) is 0.867. The van der Waals surface area contributed by atoms with Gasteiger partial charge in [-0.3, -0.25) is 14.5 Å². The number of aliphatic carboxylic acids is 2. The summed E-state index contributed by atoms with van der Waals surface area (Å²) in [5, 5.41) is 17.8. The molecular formula is C15H29NO4. The molecule has 0 amide bonds. The van der Waals surface area contributed by atoms with Gasteiger partial charge in [0.25, 0.3) is 0 Å². The standard InChI is InChI=1S/C15H29NO4/c1-4-12(3)6-8-16(11-15(19)20)9-7-13(5-2)10-14(17)18/h12-13H,4-11H2,1-3H3,(H,17,18)(H,19,20). The Hall–Kier alpha value is -1.10. The van der Waals surface area contributed by atoms with Crippen LogP contribution in [0.1, 0.15) is 52.9 Å². The summed E-state index contributed by atoms with van der Waals surface area (Å²) in [7, 11) is 0. The highest BCUT2D eigenvalue weighted by Crippen LogP contribution is 2.15. The van der Waals surface area contributed by atoms with Gasteiger partial charge in [0.1, 0.15) is 0 Å². The smallest absolute Gasteiger partial charge is 0.317 e. The van der Waals surface area contributed by atoms with E-state index in [0.717, 1.165) is 32.2 Å². The van der Waals surface area contributed by atoms with Crippen LogP contribution in [0.5, 0.6) is 0 Å². The molecule has 0 rings (SSSR count). The van der Waals surface area contributed by atoms with Gasteiger partial charge < -0.3 is 10.2 Å². The van der Waals surface area contributed by atoms with E-state index in [-0.39, 0.29) is 18.9 Å². The Bertz CT molecular complexity index is 294. The highest BCUT2D eigenvalue weighted by atomic mass is 16.4. The third kappa shape index (κ3) is 9.78. The van der Waals surface area contributed by atoms with E-state index in [1.807, 2.05) is 11.8 Å². The third-order valence-corrected chi connectivity index (χ3v) is 3.89. The lowest BCUT2D eigenvalue weighted by Gasteiger charge is -2.24. The van der Waals surface area contributed by atoms with E-state index in [9.17, 15) is 9.59 Å². The van der Waals surface area contributed by atoms with Crippen LogP contribution in [0.3, 0.4) is 0 Å². The quantitative estimate of drug-likeness (QED) is 0.577. The molecule has 0 radical (unpaired) electrons. The molecule has 0 aliphatic heterocycles. The summed E-state index contributed by atoms with van der Waals surface area (Å²) in [4.78, 5) is 23.5. The van der Waals surface area contributed by atoms with Crippen molar-refractivity contribution in [2.24, 2.45) is 11.8 Å². The maximum absolute atomic E-state index is 10.9. The molecule has 0 aromatic rings. The van der Waals surface area contributed by atoms with E-state index >= 15 is 0 Å². The summed E-state index contributed by atoms with van der Waals surface area (Å²) in [5.74, 6) is -0.874. The highest BCUT2D eigenvalue weighted by molar-refractivity contribution is 5.69. The van der Waals surface area contributed by atoms with Crippen molar-refractivity contribution >= 4 is 11.9 Å². The number of carboxylic acids is 2. The van der Waals surface area contributed by atoms with Crippen molar-refractivity contribution in [3.05, 3.63) is 0 Å². The maximum atomic E-state index is 10.9. The molecule has 0 aliphatic carbocycles. The van der Waals surface area contributed by atoms with Gasteiger partial charge in [0.15, 0.2) is 0 Å². The number of carbonyl (C=O) groups is 2. The Balaban J connectivity index is 4.25. The van der Waals surface area contributed by atoms with Crippen LogP contribution < -0.4 is 0 Å². The Morgan fingerprint density at radius 2 is 1.60 bits per heavy atom. The predicted octanol–water partition coefficient (Wildman–Crippen LogP) is 2.70. The third-order valence-electron chi connectivity index (χ3n) is 3.89. The van der Waals surface area contributed by atoms with Gasteiger partial charge in [-0.05, 0) is 37.8 Å². The Morgan fingerprint density at radius 1 is 1.00 bits per heavy atom. The highest BCUT2D eigenvalue weighted by Gasteiger charge is 2.15. The van der Waals surface area contributed by atoms with Gasteiger partial charge >= 0.3 is 11.9 Å². The van der Waals surface area contributed by atoms with Crippen molar-refractivity contribution in [2.45, 2.75) is 52.9 Å². The van der Waals surface area contributed by atoms with Crippen LogP contribution in [0.25, 0.3) is 0 Å². The van der Waals surface area contributed by atoms with Crippen molar-refractivity contribution in [3.63, 3.8) is 0 Å². The molecule has 0 saturated carbocycles. The van der Waals surface area contributed by atoms with Gasteiger partial charge in [-0.1, -0.05) is 33.6 Å². The van der Waals surface area contributed by atoms with Gasteiger partial charge in [0, 0.05) is 6.42 Å². The van der Waals surface area contributed by atoms with Crippen LogP contribution in [-0.4, -0.2) is 46.7 Å². The maximum Gasteiger partial charge on any atom is 0.317 e. The Kier molecular flexibility index (Phi) is 10.1. The van der Waals surface area contributed by atoms with Crippen molar-refractivity contribution < 1.29 is 19.8 Å². The molecule has 0 aliphatic rings. The molecule has 5 nitrogen and oxygen atoms in total. The van der Waals surface area contributed by atoms with Crippen LogP contribution in [0.4, 0.5) is 0 Å². The zero-order valence-electron chi connectivity index (χ0n) is 13.0. The van der Waals surface area contributed by atoms with Gasteiger partial charge in [-0.15, -0.1) is 0 Å². The number of hydrogen-bond acceptors (Lipinski definition) is 3. The van der Waals surface area contributed by atoms with E-state index in [1.165, 1.54) is 0 Å². The van der Waals surface area contributed by atoms with Crippen LogP contribution >= 0.6 is 0 Å². The Labute approximate surface area is 122 Å². The van der Waals surface area contributed by atoms with E-state index in [0.29, 0.717) is 12.5 Å². The molecule has 0 aromatic carbocycles. The lowest BCUT2D eigenvalue weighted by atomic mass is 9.98. The summed E-state index contributed by atoms with van der Waals surface area (Å²) in [6.07, 6.45) is 3.81. The number of carboxylic acid groups (broad SMARTS) is 2. The van der Waals surface area contributed by atoms with Gasteiger partial charge in [0.2, 0.25) is 0 Å². The van der Waals surface area contributed by atoms with E-state index in [4.69, 9.17) is 10.2 Å². The van der Waals surface area contributed by atoms with E-state index in [2.05, 4.69) is 13.8 Å². The van der Waals surface area contributed by atoms with Crippen LogP contribution in [0, 0.1) is 11.8 Å². The summed E-state index contributed by atoms with van der Waals surface area (Å²) >= 11 is 0.